The van der Waals surface area contributed by atoms with Crippen LogP contribution in [-0.2, 0) is 0 Å². The third kappa shape index (κ3) is 5.24. The molecule has 0 aliphatic carbocycles. The topological polar surface area (TPSA) is 146 Å². The van der Waals surface area contributed by atoms with Crippen LogP contribution in [0, 0.1) is 13.8 Å². The normalized spacial score (nSPS) is 14.5. The maximum Gasteiger partial charge on any atom is 0.317 e. The molecule has 36 heavy (non-hydrogen) atoms. The van der Waals surface area contributed by atoms with Crippen LogP contribution >= 0.6 is 0 Å². The maximum absolute atomic E-state index is 12.9. The summed E-state index contributed by atoms with van der Waals surface area (Å²) in [6, 6.07) is 7.28. The van der Waals surface area contributed by atoms with E-state index < -0.39 is 0 Å². The molecule has 186 valence electrons. The maximum atomic E-state index is 12.9. The van der Waals surface area contributed by atoms with Crippen LogP contribution < -0.4 is 15.5 Å². The number of rotatable bonds is 6. The minimum absolute atomic E-state index is 0.107. The van der Waals surface area contributed by atoms with Gasteiger partial charge in [0.15, 0.2) is 11.6 Å². The van der Waals surface area contributed by atoms with Gasteiger partial charge in [-0.05, 0) is 32.4 Å². The van der Waals surface area contributed by atoms with Crippen LogP contribution in [0.4, 0.5) is 22.4 Å². The molecule has 5 heterocycles. The number of H-pyrrole nitrogens is 1. The van der Waals surface area contributed by atoms with Crippen molar-refractivity contribution >= 4 is 23.6 Å². The summed E-state index contributed by atoms with van der Waals surface area (Å²) >= 11 is 0. The Kier molecular flexibility index (Phi) is 6.43. The van der Waals surface area contributed by atoms with Crippen LogP contribution in [0.2, 0.25) is 0 Å². The predicted octanol–water partition coefficient (Wildman–Crippen LogP) is 2.13. The van der Waals surface area contributed by atoms with Crippen molar-refractivity contribution in [1.82, 2.24) is 50.1 Å². The van der Waals surface area contributed by atoms with Crippen LogP contribution in [0.3, 0.4) is 0 Å². The summed E-state index contributed by atoms with van der Waals surface area (Å²) in [5.41, 5.74) is 2.73. The average Bonchev–Trinajstić information content (AvgIpc) is 3.56. The first-order valence-corrected chi connectivity index (χ1v) is 11.7. The molecule has 0 bridgehead atoms. The molecule has 2 amide bonds. The Morgan fingerprint density at radius 1 is 1.08 bits per heavy atom. The summed E-state index contributed by atoms with van der Waals surface area (Å²) in [6.07, 6.45) is 4.79. The van der Waals surface area contributed by atoms with E-state index in [0.717, 1.165) is 17.0 Å². The quantitative estimate of drug-likeness (QED) is 0.371. The third-order valence-electron chi connectivity index (χ3n) is 5.92. The fourth-order valence-corrected chi connectivity index (χ4v) is 3.96. The van der Waals surface area contributed by atoms with Crippen LogP contribution in [0.5, 0.6) is 0 Å². The van der Waals surface area contributed by atoms with Crippen LogP contribution in [-0.4, -0.2) is 77.0 Å². The van der Waals surface area contributed by atoms with Crippen molar-refractivity contribution < 1.29 is 4.79 Å². The molecule has 1 fully saturated rings. The first-order valence-electron chi connectivity index (χ1n) is 11.7. The number of pyridine rings is 1. The fourth-order valence-electron chi connectivity index (χ4n) is 3.96. The lowest BCUT2D eigenvalue weighted by atomic mass is 10.1. The summed E-state index contributed by atoms with van der Waals surface area (Å²) < 4.78 is 1.58. The van der Waals surface area contributed by atoms with Crippen LogP contribution in [0.25, 0.3) is 5.82 Å². The van der Waals surface area contributed by atoms with Gasteiger partial charge in [0.2, 0.25) is 5.95 Å². The van der Waals surface area contributed by atoms with E-state index in [2.05, 4.69) is 50.8 Å². The van der Waals surface area contributed by atoms with E-state index in [1.54, 1.807) is 17.2 Å². The zero-order valence-electron chi connectivity index (χ0n) is 20.4. The van der Waals surface area contributed by atoms with Gasteiger partial charge in [-0.1, -0.05) is 6.07 Å². The summed E-state index contributed by atoms with van der Waals surface area (Å²) in [5.74, 6) is 2.69. The minimum atomic E-state index is -0.188. The first-order chi connectivity index (χ1) is 17.4. The summed E-state index contributed by atoms with van der Waals surface area (Å²) in [5, 5.41) is 17.5. The van der Waals surface area contributed by atoms with Gasteiger partial charge >= 0.3 is 6.03 Å². The summed E-state index contributed by atoms with van der Waals surface area (Å²) in [7, 11) is 0. The summed E-state index contributed by atoms with van der Waals surface area (Å²) in [4.78, 5) is 34.4. The van der Waals surface area contributed by atoms with Crippen LogP contribution in [0.1, 0.15) is 29.9 Å². The standard InChI is InChI=1S/C23H28N12O/c1-15-10-19(29-20-11-16(2)31-32-20)30-22(27-15)33-6-8-34(9-7-33)23(36)28-17(3)18-4-5-21(25-12-18)35-14-24-13-26-35/h4-5,10-14,17H,6-9H2,1-3H3,(H,28,36)(H2,27,29,30,31,32)/t17-/m0/s1. The van der Waals surface area contributed by atoms with Crippen molar-refractivity contribution in [2.24, 2.45) is 0 Å². The smallest absolute Gasteiger partial charge is 0.317 e. The van der Waals surface area contributed by atoms with Crippen molar-refractivity contribution in [3.05, 3.63) is 60.1 Å². The van der Waals surface area contributed by atoms with E-state index in [4.69, 9.17) is 0 Å². The zero-order valence-corrected chi connectivity index (χ0v) is 20.4. The molecule has 1 aliphatic heterocycles. The van der Waals surface area contributed by atoms with E-state index in [-0.39, 0.29) is 12.1 Å². The van der Waals surface area contributed by atoms with Gasteiger partial charge in [-0.25, -0.2) is 24.4 Å². The number of aromatic amines is 1. The number of piperazine rings is 1. The number of carbonyl (C=O) groups is 1. The summed E-state index contributed by atoms with van der Waals surface area (Å²) in [6.45, 7) is 8.24. The number of urea groups is 1. The van der Waals surface area contributed by atoms with Crippen molar-refractivity contribution in [2.75, 3.05) is 36.4 Å². The number of aromatic nitrogens is 8. The molecule has 0 aromatic carbocycles. The lowest BCUT2D eigenvalue weighted by Gasteiger charge is -2.35. The van der Waals surface area contributed by atoms with Gasteiger partial charge in [0.05, 0.1) is 6.04 Å². The Bertz CT molecular complexity index is 1310. The molecule has 13 nitrogen and oxygen atoms in total. The zero-order chi connectivity index (χ0) is 25.1. The van der Waals surface area contributed by atoms with Crippen molar-refractivity contribution in [3.63, 3.8) is 0 Å². The first kappa shape index (κ1) is 23.2. The molecule has 0 radical (unpaired) electrons. The van der Waals surface area contributed by atoms with Gasteiger partial charge in [0.1, 0.15) is 18.5 Å². The Labute approximate surface area is 208 Å². The SMILES string of the molecule is Cc1cc(Nc2cc(C)[nH]n2)nc(N2CCN(C(=O)N[C@@H](C)c3ccc(-n4cncn4)nc3)CC2)n1. The van der Waals surface area contributed by atoms with E-state index in [1.165, 1.54) is 6.33 Å². The number of hydrogen-bond acceptors (Lipinski definition) is 9. The molecular weight excluding hydrogens is 460 g/mol. The lowest BCUT2D eigenvalue weighted by molar-refractivity contribution is 0.191. The molecule has 13 heteroatoms. The molecule has 1 aliphatic rings. The molecule has 4 aromatic heterocycles. The highest BCUT2D eigenvalue weighted by Crippen LogP contribution is 2.19. The molecule has 0 saturated carbocycles. The number of carbonyl (C=O) groups excluding carboxylic acids is 1. The Morgan fingerprint density at radius 3 is 2.58 bits per heavy atom. The van der Waals surface area contributed by atoms with Crippen molar-refractivity contribution in [2.45, 2.75) is 26.8 Å². The second-order valence-corrected chi connectivity index (χ2v) is 8.69. The van der Waals surface area contributed by atoms with Gasteiger partial charge in [0, 0.05) is 55.9 Å². The molecule has 5 rings (SSSR count). The van der Waals surface area contributed by atoms with E-state index in [1.807, 2.05) is 49.9 Å². The van der Waals surface area contributed by atoms with Gasteiger partial charge < -0.3 is 20.4 Å². The fraction of sp³-hybridized carbons (Fsp3) is 0.348. The molecule has 0 spiro atoms. The minimum Gasteiger partial charge on any atom is -0.337 e. The monoisotopic (exact) mass is 488 g/mol. The second kappa shape index (κ2) is 9.98. The Morgan fingerprint density at radius 2 is 1.92 bits per heavy atom. The van der Waals surface area contributed by atoms with Gasteiger partial charge in [0.25, 0.3) is 0 Å². The third-order valence-corrected chi connectivity index (χ3v) is 5.92. The highest BCUT2D eigenvalue weighted by Gasteiger charge is 2.24. The molecule has 4 aromatic rings. The number of nitrogens with zero attached hydrogens (tertiary/aromatic N) is 9. The highest BCUT2D eigenvalue weighted by molar-refractivity contribution is 5.75. The van der Waals surface area contributed by atoms with Crippen molar-refractivity contribution in [1.29, 1.82) is 0 Å². The van der Waals surface area contributed by atoms with E-state index >= 15 is 0 Å². The van der Waals surface area contributed by atoms with Crippen molar-refractivity contribution in [3.8, 4) is 5.82 Å². The number of amides is 2. The molecule has 1 saturated heterocycles. The Hall–Kier alpha value is -4.55. The van der Waals surface area contributed by atoms with Gasteiger partial charge in [-0.15, -0.1) is 0 Å². The molecule has 0 unspecified atom stereocenters. The lowest BCUT2D eigenvalue weighted by Crippen LogP contribution is -2.52. The highest BCUT2D eigenvalue weighted by atomic mass is 16.2. The number of aryl methyl sites for hydroxylation is 2. The van der Waals surface area contributed by atoms with Gasteiger partial charge in [-0.3, -0.25) is 5.10 Å². The number of anilines is 3. The van der Waals surface area contributed by atoms with Gasteiger partial charge in [-0.2, -0.15) is 15.2 Å². The number of nitrogens with one attached hydrogen (secondary N) is 3. The molecule has 1 atom stereocenters. The predicted molar refractivity (Wildman–Crippen MR) is 133 cm³/mol. The molecular formula is C23H28N12O. The second-order valence-electron chi connectivity index (χ2n) is 8.69. The van der Waals surface area contributed by atoms with E-state index in [9.17, 15) is 4.79 Å². The molecule has 3 N–H and O–H groups in total. The largest absolute Gasteiger partial charge is 0.337 e. The van der Waals surface area contributed by atoms with Crippen LogP contribution in [0.15, 0.2) is 43.1 Å². The Balaban J connectivity index is 1.16. The van der Waals surface area contributed by atoms with E-state index in [0.29, 0.717) is 49.6 Å². The average molecular weight is 489 g/mol. The number of hydrogen-bond donors (Lipinski definition) is 3.